The Balaban J connectivity index is 2.50. The van der Waals surface area contributed by atoms with E-state index in [1.807, 2.05) is 6.08 Å². The van der Waals surface area contributed by atoms with Gasteiger partial charge in [0, 0.05) is 5.56 Å². The maximum absolute atomic E-state index is 12.1. The number of unbranched alkanes of at least 4 members (excludes halogenated alkanes) is 4. The predicted molar refractivity (Wildman–Crippen MR) is 89.3 cm³/mol. The minimum absolute atomic E-state index is 0.0885. The average molecular weight is 319 g/mol. The topological polar surface area (TPSA) is 75.6 Å². The number of ether oxygens (including phenoxy) is 1. The minimum atomic E-state index is -0.652. The Morgan fingerprint density at radius 1 is 1.22 bits per heavy atom. The van der Waals surface area contributed by atoms with Crippen LogP contribution in [0.15, 0.2) is 36.9 Å². The van der Waals surface area contributed by atoms with Crippen molar-refractivity contribution in [2.75, 3.05) is 7.11 Å². The molecule has 1 rings (SSSR count). The lowest BCUT2D eigenvalue weighted by molar-refractivity contribution is -0.143. The molecule has 0 heterocycles. The molecule has 2 N–H and O–H groups in total. The van der Waals surface area contributed by atoms with Crippen LogP contribution in [0.2, 0.25) is 0 Å². The van der Waals surface area contributed by atoms with Gasteiger partial charge in [-0.3, -0.25) is 4.79 Å². The lowest BCUT2D eigenvalue weighted by Gasteiger charge is -2.16. The number of nitrogens with one attached hydrogen (secondary N) is 1. The highest BCUT2D eigenvalue weighted by Crippen LogP contribution is 2.12. The molecule has 0 aromatic heterocycles. The Morgan fingerprint density at radius 2 is 1.87 bits per heavy atom. The van der Waals surface area contributed by atoms with Crippen molar-refractivity contribution in [3.05, 3.63) is 42.5 Å². The van der Waals surface area contributed by atoms with Crippen molar-refractivity contribution in [3.8, 4) is 5.75 Å². The van der Waals surface area contributed by atoms with Crippen LogP contribution in [-0.2, 0) is 9.53 Å². The zero-order valence-corrected chi connectivity index (χ0v) is 13.6. The summed E-state index contributed by atoms with van der Waals surface area (Å²) in [6, 6.07) is 5.23. The van der Waals surface area contributed by atoms with Crippen molar-refractivity contribution in [2.45, 2.75) is 44.6 Å². The van der Waals surface area contributed by atoms with Crippen LogP contribution in [0, 0.1) is 0 Å². The SMILES string of the molecule is C=CCCCCCC[C@H](NC(=O)c1ccc(O)cc1)C(=O)OC. The van der Waals surface area contributed by atoms with Gasteiger partial charge in [0.25, 0.3) is 5.91 Å². The number of allylic oxidation sites excluding steroid dienone is 1. The number of carbonyl (C=O) groups excluding carboxylic acids is 2. The number of carbonyl (C=O) groups is 2. The summed E-state index contributed by atoms with van der Waals surface area (Å²) in [5.74, 6) is -0.708. The largest absolute Gasteiger partial charge is 0.508 e. The van der Waals surface area contributed by atoms with Crippen LogP contribution in [0.5, 0.6) is 5.75 Å². The van der Waals surface area contributed by atoms with E-state index < -0.39 is 12.0 Å². The first kappa shape index (κ1) is 18.7. The Bertz CT molecular complexity index is 510. The Hall–Kier alpha value is -2.30. The van der Waals surface area contributed by atoms with E-state index in [9.17, 15) is 14.7 Å². The van der Waals surface area contributed by atoms with Gasteiger partial charge in [0.15, 0.2) is 0 Å². The smallest absolute Gasteiger partial charge is 0.328 e. The zero-order chi connectivity index (χ0) is 17.1. The number of benzene rings is 1. The summed E-state index contributed by atoms with van der Waals surface area (Å²) < 4.78 is 4.76. The molecule has 0 radical (unpaired) electrons. The molecule has 1 aromatic carbocycles. The summed E-state index contributed by atoms with van der Waals surface area (Å²) in [6.07, 6.45) is 7.44. The van der Waals surface area contributed by atoms with Gasteiger partial charge in [-0.15, -0.1) is 6.58 Å². The lowest BCUT2D eigenvalue weighted by atomic mass is 10.1. The van der Waals surface area contributed by atoms with Crippen LogP contribution in [0.4, 0.5) is 0 Å². The summed E-state index contributed by atoms with van der Waals surface area (Å²) in [7, 11) is 1.31. The van der Waals surface area contributed by atoms with E-state index >= 15 is 0 Å². The Kier molecular flexibility index (Phi) is 8.50. The fraction of sp³-hybridized carbons (Fsp3) is 0.444. The molecule has 0 aliphatic rings. The van der Waals surface area contributed by atoms with Gasteiger partial charge in [0.1, 0.15) is 11.8 Å². The van der Waals surface area contributed by atoms with Crippen molar-refractivity contribution >= 4 is 11.9 Å². The fourth-order valence-electron chi connectivity index (χ4n) is 2.24. The zero-order valence-electron chi connectivity index (χ0n) is 13.6. The average Bonchev–Trinajstić information content (AvgIpc) is 2.56. The monoisotopic (exact) mass is 319 g/mol. The molecule has 0 aliphatic carbocycles. The van der Waals surface area contributed by atoms with Gasteiger partial charge in [-0.2, -0.15) is 0 Å². The first-order valence-electron chi connectivity index (χ1n) is 7.87. The van der Waals surface area contributed by atoms with Gasteiger partial charge < -0.3 is 15.2 Å². The third kappa shape index (κ3) is 7.00. The molecule has 0 spiro atoms. The van der Waals surface area contributed by atoms with Crippen molar-refractivity contribution in [2.24, 2.45) is 0 Å². The number of hydrogen-bond donors (Lipinski definition) is 2. The van der Waals surface area contributed by atoms with E-state index in [4.69, 9.17) is 4.74 Å². The third-order valence-corrected chi connectivity index (χ3v) is 3.57. The standard InChI is InChI=1S/C18H25NO4/c1-3-4-5-6-7-8-9-16(18(22)23-2)19-17(21)14-10-12-15(20)13-11-14/h3,10-13,16,20H,1,4-9H2,2H3,(H,19,21)/t16-/m0/s1. The Morgan fingerprint density at radius 3 is 2.48 bits per heavy atom. The van der Waals surface area contributed by atoms with Gasteiger partial charge in [0.2, 0.25) is 0 Å². The molecule has 126 valence electrons. The van der Waals surface area contributed by atoms with Gasteiger partial charge in [-0.1, -0.05) is 25.3 Å². The minimum Gasteiger partial charge on any atom is -0.508 e. The summed E-state index contributed by atoms with van der Waals surface area (Å²) in [6.45, 7) is 3.68. The summed E-state index contributed by atoms with van der Waals surface area (Å²) in [5.41, 5.74) is 0.391. The molecule has 1 aromatic rings. The highest BCUT2D eigenvalue weighted by molar-refractivity contribution is 5.96. The molecule has 0 saturated carbocycles. The molecular weight excluding hydrogens is 294 g/mol. The highest BCUT2D eigenvalue weighted by Gasteiger charge is 2.21. The van der Waals surface area contributed by atoms with E-state index in [0.717, 1.165) is 32.1 Å². The first-order valence-corrected chi connectivity index (χ1v) is 7.87. The van der Waals surface area contributed by atoms with Crippen LogP contribution in [0.1, 0.15) is 48.9 Å². The van der Waals surface area contributed by atoms with Gasteiger partial charge >= 0.3 is 5.97 Å². The fourth-order valence-corrected chi connectivity index (χ4v) is 2.24. The van der Waals surface area contributed by atoms with Crippen LogP contribution >= 0.6 is 0 Å². The summed E-state index contributed by atoms with van der Waals surface area (Å²) >= 11 is 0. The van der Waals surface area contributed by atoms with Crippen molar-refractivity contribution in [3.63, 3.8) is 0 Å². The number of hydrogen-bond acceptors (Lipinski definition) is 4. The van der Waals surface area contributed by atoms with Crippen molar-refractivity contribution < 1.29 is 19.4 Å². The van der Waals surface area contributed by atoms with Crippen molar-refractivity contribution in [1.82, 2.24) is 5.32 Å². The quantitative estimate of drug-likeness (QED) is 0.394. The molecule has 0 aliphatic heterocycles. The molecule has 1 atom stereocenters. The molecular formula is C18H25NO4. The molecule has 5 heteroatoms. The molecule has 0 saturated heterocycles. The number of phenolic OH excluding ortho intramolecular Hbond substituents is 1. The molecule has 0 bridgehead atoms. The van der Waals surface area contributed by atoms with Gasteiger partial charge in [-0.25, -0.2) is 4.79 Å². The van der Waals surface area contributed by atoms with Crippen LogP contribution in [0.25, 0.3) is 0 Å². The number of amides is 1. The summed E-state index contributed by atoms with van der Waals surface area (Å²) in [4.78, 5) is 24.0. The van der Waals surface area contributed by atoms with E-state index in [2.05, 4.69) is 11.9 Å². The van der Waals surface area contributed by atoms with E-state index in [-0.39, 0.29) is 11.7 Å². The predicted octanol–water partition coefficient (Wildman–Crippen LogP) is 3.19. The number of methoxy groups -OCH3 is 1. The number of aromatic hydroxyl groups is 1. The van der Waals surface area contributed by atoms with Gasteiger partial charge in [-0.05, 0) is 43.5 Å². The van der Waals surface area contributed by atoms with Crippen LogP contribution in [-0.4, -0.2) is 30.1 Å². The van der Waals surface area contributed by atoms with E-state index in [1.165, 1.54) is 31.4 Å². The maximum atomic E-state index is 12.1. The molecule has 23 heavy (non-hydrogen) atoms. The second kappa shape index (κ2) is 10.4. The Labute approximate surface area is 137 Å². The number of esters is 1. The third-order valence-electron chi connectivity index (χ3n) is 3.57. The highest BCUT2D eigenvalue weighted by atomic mass is 16.5. The normalized spacial score (nSPS) is 11.5. The lowest BCUT2D eigenvalue weighted by Crippen LogP contribution is -2.41. The number of phenols is 1. The van der Waals surface area contributed by atoms with Crippen LogP contribution < -0.4 is 5.32 Å². The maximum Gasteiger partial charge on any atom is 0.328 e. The second-order valence-electron chi connectivity index (χ2n) is 5.38. The molecule has 1 amide bonds. The van der Waals surface area contributed by atoms with Crippen LogP contribution in [0.3, 0.4) is 0 Å². The van der Waals surface area contributed by atoms with E-state index in [1.54, 1.807) is 0 Å². The number of rotatable bonds is 10. The molecule has 5 nitrogen and oxygen atoms in total. The summed E-state index contributed by atoms with van der Waals surface area (Å²) in [5, 5.41) is 11.9. The second-order valence-corrected chi connectivity index (χ2v) is 5.38. The molecule has 0 unspecified atom stereocenters. The van der Waals surface area contributed by atoms with Gasteiger partial charge in [0.05, 0.1) is 7.11 Å². The molecule has 0 fully saturated rings. The van der Waals surface area contributed by atoms with E-state index in [0.29, 0.717) is 12.0 Å². The first-order chi connectivity index (χ1) is 11.1. The van der Waals surface area contributed by atoms with Crippen molar-refractivity contribution in [1.29, 1.82) is 0 Å².